The molecule has 1 saturated carbocycles. The molecular formula is C18H29IN4O2. The Morgan fingerprint density at radius 2 is 2.08 bits per heavy atom. The molecule has 1 aliphatic carbocycles. The Morgan fingerprint density at radius 3 is 2.72 bits per heavy atom. The van der Waals surface area contributed by atoms with Crippen LogP contribution >= 0.6 is 24.0 Å². The monoisotopic (exact) mass is 460 g/mol. The van der Waals surface area contributed by atoms with Crippen LogP contribution in [0.1, 0.15) is 31.2 Å². The summed E-state index contributed by atoms with van der Waals surface area (Å²) in [6.45, 7) is 1.42. The van der Waals surface area contributed by atoms with Crippen molar-refractivity contribution in [1.29, 1.82) is 0 Å². The van der Waals surface area contributed by atoms with Crippen molar-refractivity contribution in [3.63, 3.8) is 0 Å². The topological polar surface area (TPSA) is 66.0 Å². The van der Waals surface area contributed by atoms with Gasteiger partial charge in [-0.1, -0.05) is 18.2 Å². The predicted molar refractivity (Wildman–Crippen MR) is 112 cm³/mol. The third kappa shape index (κ3) is 7.50. The van der Waals surface area contributed by atoms with Crippen LogP contribution in [-0.2, 0) is 11.3 Å². The van der Waals surface area contributed by atoms with Gasteiger partial charge in [-0.05, 0) is 25.3 Å². The van der Waals surface area contributed by atoms with Crippen LogP contribution in [-0.4, -0.2) is 50.6 Å². The lowest BCUT2D eigenvalue weighted by atomic mass is 10.2. The van der Waals surface area contributed by atoms with E-state index in [2.05, 4.69) is 15.6 Å². The number of carbonyl (C=O) groups is 1. The summed E-state index contributed by atoms with van der Waals surface area (Å²) in [5.74, 6) is 1.83. The molecule has 0 atom stereocenters. The minimum Gasteiger partial charge on any atom is -0.496 e. The summed E-state index contributed by atoms with van der Waals surface area (Å²) in [5.41, 5.74) is 1.11. The van der Waals surface area contributed by atoms with E-state index in [0.29, 0.717) is 19.0 Å². The predicted octanol–water partition coefficient (Wildman–Crippen LogP) is 2.38. The van der Waals surface area contributed by atoms with Gasteiger partial charge in [-0.2, -0.15) is 0 Å². The number of nitrogens with one attached hydrogen (secondary N) is 2. The molecule has 2 rings (SSSR count). The number of methoxy groups -OCH3 is 1. The second-order valence-electron chi connectivity index (χ2n) is 6.09. The van der Waals surface area contributed by atoms with E-state index in [0.717, 1.165) is 43.1 Å². The maximum absolute atomic E-state index is 11.7. The molecule has 1 aliphatic rings. The first-order valence-electron chi connectivity index (χ1n) is 8.47. The Bertz CT molecular complexity index is 576. The fourth-order valence-electron chi connectivity index (χ4n) is 2.53. The molecule has 0 radical (unpaired) electrons. The Labute approximate surface area is 167 Å². The van der Waals surface area contributed by atoms with E-state index in [4.69, 9.17) is 4.74 Å². The summed E-state index contributed by atoms with van der Waals surface area (Å²) in [7, 11) is 5.43. The number of aliphatic imine (C=N–C) groups is 1. The van der Waals surface area contributed by atoms with Crippen molar-refractivity contribution in [3.8, 4) is 5.75 Å². The summed E-state index contributed by atoms with van der Waals surface area (Å²) < 4.78 is 5.39. The number of hydrogen-bond acceptors (Lipinski definition) is 3. The SMILES string of the molecule is CN=C(NCCCC(=O)NC1CC1)N(C)Cc1ccccc1OC.I. The summed E-state index contributed by atoms with van der Waals surface area (Å²) in [6.07, 6.45) is 3.60. The first-order valence-corrected chi connectivity index (χ1v) is 8.47. The highest BCUT2D eigenvalue weighted by Crippen LogP contribution is 2.19. The lowest BCUT2D eigenvalue weighted by Crippen LogP contribution is -2.39. The zero-order valence-electron chi connectivity index (χ0n) is 15.2. The highest BCUT2D eigenvalue weighted by molar-refractivity contribution is 14.0. The number of para-hydroxylation sites is 1. The highest BCUT2D eigenvalue weighted by atomic mass is 127. The summed E-state index contributed by atoms with van der Waals surface area (Å²) in [6, 6.07) is 8.40. The largest absolute Gasteiger partial charge is 0.496 e. The van der Waals surface area contributed by atoms with Gasteiger partial charge in [0, 0.05) is 45.2 Å². The van der Waals surface area contributed by atoms with Crippen LogP contribution in [0.2, 0.25) is 0 Å². The second-order valence-corrected chi connectivity index (χ2v) is 6.09. The molecule has 0 heterocycles. The molecule has 0 spiro atoms. The van der Waals surface area contributed by atoms with Crippen molar-refractivity contribution < 1.29 is 9.53 Å². The fraction of sp³-hybridized carbons (Fsp3) is 0.556. The molecule has 1 fully saturated rings. The van der Waals surface area contributed by atoms with E-state index in [1.54, 1.807) is 14.2 Å². The summed E-state index contributed by atoms with van der Waals surface area (Å²) in [5, 5.41) is 6.31. The van der Waals surface area contributed by atoms with Crippen molar-refractivity contribution in [1.82, 2.24) is 15.5 Å². The molecule has 1 aromatic carbocycles. The minimum absolute atomic E-state index is 0. The second kappa shape index (κ2) is 11.2. The first kappa shape index (κ1) is 21.5. The molecule has 25 heavy (non-hydrogen) atoms. The number of benzene rings is 1. The number of amides is 1. The van der Waals surface area contributed by atoms with Gasteiger partial charge in [-0.3, -0.25) is 9.79 Å². The average molecular weight is 460 g/mol. The zero-order valence-corrected chi connectivity index (χ0v) is 17.6. The van der Waals surface area contributed by atoms with Gasteiger partial charge in [0.15, 0.2) is 5.96 Å². The Balaban J connectivity index is 0.00000312. The van der Waals surface area contributed by atoms with Gasteiger partial charge in [0.05, 0.1) is 7.11 Å². The standard InChI is InChI=1S/C18H28N4O2.HI/c1-19-18(20-12-6-9-17(23)21-15-10-11-15)22(2)13-14-7-4-5-8-16(14)24-3;/h4-5,7-8,15H,6,9-13H2,1-3H3,(H,19,20)(H,21,23);1H. The Kier molecular flexibility index (Phi) is 9.62. The molecule has 1 amide bonds. The van der Waals surface area contributed by atoms with Gasteiger partial charge in [0.2, 0.25) is 5.91 Å². The molecule has 140 valence electrons. The molecule has 0 aliphatic heterocycles. The quantitative estimate of drug-likeness (QED) is 0.271. The molecule has 6 nitrogen and oxygen atoms in total. The van der Waals surface area contributed by atoms with Crippen LogP contribution in [0.3, 0.4) is 0 Å². The Hall–Kier alpha value is -1.51. The number of carbonyl (C=O) groups excluding carboxylic acids is 1. The van der Waals surface area contributed by atoms with Crippen molar-refractivity contribution >= 4 is 35.8 Å². The van der Waals surface area contributed by atoms with Crippen LogP contribution in [0.5, 0.6) is 5.75 Å². The molecule has 2 N–H and O–H groups in total. The fourth-order valence-corrected chi connectivity index (χ4v) is 2.53. The van der Waals surface area contributed by atoms with Gasteiger partial charge in [0.25, 0.3) is 0 Å². The molecule has 0 saturated heterocycles. The zero-order chi connectivity index (χ0) is 17.4. The molecule has 0 unspecified atom stereocenters. The first-order chi connectivity index (χ1) is 11.6. The number of halogens is 1. The van der Waals surface area contributed by atoms with Gasteiger partial charge < -0.3 is 20.3 Å². The van der Waals surface area contributed by atoms with Gasteiger partial charge in [-0.15, -0.1) is 24.0 Å². The molecule has 7 heteroatoms. The van der Waals surface area contributed by atoms with Gasteiger partial charge >= 0.3 is 0 Å². The highest BCUT2D eigenvalue weighted by Gasteiger charge is 2.22. The number of rotatable bonds is 8. The lowest BCUT2D eigenvalue weighted by molar-refractivity contribution is -0.121. The smallest absolute Gasteiger partial charge is 0.220 e. The molecule has 0 bridgehead atoms. The third-order valence-corrected chi connectivity index (χ3v) is 3.98. The number of guanidine groups is 1. The van der Waals surface area contributed by atoms with E-state index in [-0.39, 0.29) is 29.9 Å². The van der Waals surface area contributed by atoms with Crippen molar-refractivity contribution in [3.05, 3.63) is 29.8 Å². The normalized spacial score (nSPS) is 13.6. The van der Waals surface area contributed by atoms with E-state index in [1.165, 1.54) is 0 Å². The number of nitrogens with zero attached hydrogens (tertiary/aromatic N) is 2. The summed E-state index contributed by atoms with van der Waals surface area (Å²) in [4.78, 5) is 18.0. The van der Waals surface area contributed by atoms with Crippen molar-refractivity contribution in [2.24, 2.45) is 4.99 Å². The summed E-state index contributed by atoms with van der Waals surface area (Å²) >= 11 is 0. The maximum Gasteiger partial charge on any atom is 0.220 e. The van der Waals surface area contributed by atoms with Crippen LogP contribution in [0, 0.1) is 0 Å². The number of hydrogen-bond donors (Lipinski definition) is 2. The average Bonchev–Trinajstić information content (AvgIpc) is 3.39. The van der Waals surface area contributed by atoms with E-state index >= 15 is 0 Å². The van der Waals surface area contributed by atoms with Gasteiger partial charge in [0.1, 0.15) is 5.75 Å². The third-order valence-electron chi connectivity index (χ3n) is 3.98. The molecular weight excluding hydrogens is 431 g/mol. The van der Waals surface area contributed by atoms with Crippen LogP contribution in [0.4, 0.5) is 0 Å². The van der Waals surface area contributed by atoms with E-state index < -0.39 is 0 Å². The molecule has 0 aromatic heterocycles. The maximum atomic E-state index is 11.7. The van der Waals surface area contributed by atoms with Crippen LogP contribution < -0.4 is 15.4 Å². The van der Waals surface area contributed by atoms with Crippen molar-refractivity contribution in [2.45, 2.75) is 38.3 Å². The van der Waals surface area contributed by atoms with E-state index in [9.17, 15) is 4.79 Å². The van der Waals surface area contributed by atoms with E-state index in [1.807, 2.05) is 36.2 Å². The lowest BCUT2D eigenvalue weighted by Gasteiger charge is -2.23. The van der Waals surface area contributed by atoms with Crippen LogP contribution in [0.25, 0.3) is 0 Å². The number of ether oxygens (including phenoxy) is 1. The Morgan fingerprint density at radius 1 is 1.36 bits per heavy atom. The van der Waals surface area contributed by atoms with Crippen LogP contribution in [0.15, 0.2) is 29.3 Å². The minimum atomic E-state index is 0. The molecule has 1 aromatic rings. The van der Waals surface area contributed by atoms with Gasteiger partial charge in [-0.25, -0.2) is 0 Å². The van der Waals surface area contributed by atoms with Crippen molar-refractivity contribution in [2.75, 3.05) is 27.7 Å².